The molecule has 1 saturated heterocycles. The predicted molar refractivity (Wildman–Crippen MR) is 87.3 cm³/mol. The van der Waals surface area contributed by atoms with E-state index < -0.39 is 0 Å². The minimum atomic E-state index is -0.145. The van der Waals surface area contributed by atoms with Crippen molar-refractivity contribution in [3.8, 4) is 0 Å². The van der Waals surface area contributed by atoms with Gasteiger partial charge in [-0.3, -0.25) is 9.36 Å². The number of likely N-dealkylation sites (tertiary alicyclic amines) is 1. The lowest BCUT2D eigenvalue weighted by molar-refractivity contribution is -0.123. The molecule has 2 aliphatic rings. The third-order valence-electron chi connectivity index (χ3n) is 5.15. The number of piperidine rings is 1. The topological polar surface area (TPSA) is 72.2 Å². The molecule has 1 fully saturated rings. The number of aryl methyl sites for hydroxylation is 1. The van der Waals surface area contributed by atoms with Crippen molar-refractivity contribution in [2.24, 2.45) is 0 Å². The molecule has 128 valence electrons. The first kappa shape index (κ1) is 16.2. The summed E-state index contributed by atoms with van der Waals surface area (Å²) in [5.41, 5.74) is -0.145. The van der Waals surface area contributed by atoms with Crippen molar-refractivity contribution in [2.75, 3.05) is 13.6 Å². The van der Waals surface area contributed by atoms with Gasteiger partial charge in [0.15, 0.2) is 0 Å². The maximum atomic E-state index is 12.4. The van der Waals surface area contributed by atoms with Crippen LogP contribution in [0, 0.1) is 0 Å². The Hall–Kier alpha value is -1.63. The van der Waals surface area contributed by atoms with Crippen molar-refractivity contribution >= 4 is 5.91 Å². The van der Waals surface area contributed by atoms with Crippen LogP contribution in [0.15, 0.2) is 4.79 Å². The normalized spacial score (nSPS) is 25.7. The van der Waals surface area contributed by atoms with Crippen molar-refractivity contribution in [2.45, 2.75) is 70.6 Å². The van der Waals surface area contributed by atoms with Crippen molar-refractivity contribution in [1.29, 1.82) is 0 Å². The first-order valence-corrected chi connectivity index (χ1v) is 8.70. The van der Waals surface area contributed by atoms with Crippen molar-refractivity contribution in [1.82, 2.24) is 24.6 Å². The van der Waals surface area contributed by atoms with Crippen LogP contribution in [-0.4, -0.2) is 50.8 Å². The quantitative estimate of drug-likeness (QED) is 0.873. The highest BCUT2D eigenvalue weighted by atomic mass is 16.2. The van der Waals surface area contributed by atoms with Gasteiger partial charge < -0.3 is 10.2 Å². The lowest BCUT2D eigenvalue weighted by Gasteiger charge is -2.35. The summed E-state index contributed by atoms with van der Waals surface area (Å²) >= 11 is 0. The van der Waals surface area contributed by atoms with Crippen LogP contribution < -0.4 is 11.0 Å². The number of fused-ring (bicyclic) bond motifs is 1. The Morgan fingerprint density at radius 1 is 1.30 bits per heavy atom. The summed E-state index contributed by atoms with van der Waals surface area (Å²) in [5.74, 6) is 0.718. The summed E-state index contributed by atoms with van der Waals surface area (Å²) < 4.78 is 3.06. The second-order valence-electron chi connectivity index (χ2n) is 6.94. The van der Waals surface area contributed by atoms with E-state index in [9.17, 15) is 9.59 Å². The van der Waals surface area contributed by atoms with E-state index in [1.54, 1.807) is 4.57 Å². The molecule has 23 heavy (non-hydrogen) atoms. The molecule has 7 heteroatoms. The number of nitrogens with one attached hydrogen (secondary N) is 1. The van der Waals surface area contributed by atoms with E-state index in [0.29, 0.717) is 6.04 Å². The molecule has 2 atom stereocenters. The molecule has 0 aliphatic carbocycles. The minimum absolute atomic E-state index is 0.0273. The van der Waals surface area contributed by atoms with E-state index in [1.807, 2.05) is 0 Å². The van der Waals surface area contributed by atoms with Gasteiger partial charge in [-0.2, -0.15) is 5.10 Å². The van der Waals surface area contributed by atoms with Crippen LogP contribution in [0.2, 0.25) is 0 Å². The molecule has 0 saturated carbocycles. The standard InChI is InChI=1S/C16H27N5O2/c1-12-10-13(7-9-19(12)2)17-15(22)11-21-16(23)20-8-5-3-4-6-14(20)18-21/h12-13H,3-11H2,1-2H3,(H,17,22). The maximum Gasteiger partial charge on any atom is 0.346 e. The van der Waals surface area contributed by atoms with Gasteiger partial charge in [0.25, 0.3) is 0 Å². The fourth-order valence-electron chi connectivity index (χ4n) is 3.56. The fourth-order valence-corrected chi connectivity index (χ4v) is 3.56. The smallest absolute Gasteiger partial charge is 0.346 e. The Morgan fingerprint density at radius 2 is 2.13 bits per heavy atom. The predicted octanol–water partition coefficient (Wildman–Crippen LogP) is 0.370. The van der Waals surface area contributed by atoms with Crippen LogP contribution in [0.4, 0.5) is 0 Å². The van der Waals surface area contributed by atoms with Gasteiger partial charge in [-0.1, -0.05) is 6.42 Å². The summed E-state index contributed by atoms with van der Waals surface area (Å²) in [7, 11) is 2.11. The Balaban J connectivity index is 1.61. The molecule has 0 aromatic carbocycles. The van der Waals surface area contributed by atoms with Gasteiger partial charge >= 0.3 is 5.69 Å². The number of amides is 1. The Morgan fingerprint density at radius 3 is 2.91 bits per heavy atom. The van der Waals surface area contributed by atoms with Crippen LogP contribution in [0.25, 0.3) is 0 Å². The number of aromatic nitrogens is 3. The Kier molecular flexibility index (Phi) is 4.84. The number of hydrogen-bond donors (Lipinski definition) is 1. The molecule has 0 radical (unpaired) electrons. The molecule has 0 spiro atoms. The highest BCUT2D eigenvalue weighted by Crippen LogP contribution is 2.15. The van der Waals surface area contributed by atoms with Gasteiger partial charge in [0.2, 0.25) is 5.91 Å². The van der Waals surface area contributed by atoms with E-state index in [0.717, 1.165) is 57.4 Å². The van der Waals surface area contributed by atoms with Gasteiger partial charge in [-0.05, 0) is 39.7 Å². The van der Waals surface area contributed by atoms with Crippen LogP contribution in [-0.2, 0) is 24.3 Å². The second-order valence-corrected chi connectivity index (χ2v) is 6.94. The van der Waals surface area contributed by atoms with Crippen molar-refractivity contribution in [3.63, 3.8) is 0 Å². The molecule has 3 heterocycles. The minimum Gasteiger partial charge on any atom is -0.352 e. The van der Waals surface area contributed by atoms with Gasteiger partial charge in [-0.25, -0.2) is 9.48 Å². The fraction of sp³-hybridized carbons (Fsp3) is 0.812. The van der Waals surface area contributed by atoms with Crippen molar-refractivity contribution in [3.05, 3.63) is 16.3 Å². The van der Waals surface area contributed by atoms with E-state index >= 15 is 0 Å². The number of rotatable bonds is 3. The zero-order valence-electron chi connectivity index (χ0n) is 14.1. The Labute approximate surface area is 136 Å². The molecule has 2 unspecified atom stereocenters. The monoisotopic (exact) mass is 321 g/mol. The number of carbonyl (C=O) groups excluding carboxylic acids is 1. The largest absolute Gasteiger partial charge is 0.352 e. The van der Waals surface area contributed by atoms with Crippen LogP contribution in [0.1, 0.15) is 44.9 Å². The summed E-state index contributed by atoms with van der Waals surface area (Å²) in [5, 5.41) is 7.43. The van der Waals surface area contributed by atoms with Gasteiger partial charge in [0.05, 0.1) is 0 Å². The lowest BCUT2D eigenvalue weighted by atomic mass is 9.99. The first-order chi connectivity index (χ1) is 11.0. The summed E-state index contributed by atoms with van der Waals surface area (Å²) in [4.78, 5) is 26.9. The summed E-state index contributed by atoms with van der Waals surface area (Å²) in [6, 6.07) is 0.672. The first-order valence-electron chi connectivity index (χ1n) is 8.70. The molecule has 1 aromatic rings. The Bertz CT molecular complexity index is 620. The highest BCUT2D eigenvalue weighted by Gasteiger charge is 2.24. The average molecular weight is 321 g/mol. The van der Waals surface area contributed by atoms with Crippen LogP contribution in [0.5, 0.6) is 0 Å². The number of hydrogen-bond acceptors (Lipinski definition) is 4. The second kappa shape index (κ2) is 6.86. The molecule has 0 bridgehead atoms. The lowest BCUT2D eigenvalue weighted by Crippen LogP contribution is -2.48. The SMILES string of the molecule is CC1CC(NC(=O)Cn2nc3n(c2=O)CCCCC3)CCN1C. The van der Waals surface area contributed by atoms with E-state index in [4.69, 9.17) is 0 Å². The maximum absolute atomic E-state index is 12.4. The van der Waals surface area contributed by atoms with E-state index in [2.05, 4.69) is 29.3 Å². The van der Waals surface area contributed by atoms with Gasteiger partial charge in [-0.15, -0.1) is 0 Å². The molecule has 7 nitrogen and oxygen atoms in total. The third kappa shape index (κ3) is 3.65. The molecule has 3 rings (SSSR count). The molecule has 1 N–H and O–H groups in total. The van der Waals surface area contributed by atoms with Crippen LogP contribution in [0.3, 0.4) is 0 Å². The molecule has 2 aliphatic heterocycles. The number of carbonyl (C=O) groups is 1. The molecule has 1 aromatic heterocycles. The third-order valence-corrected chi connectivity index (χ3v) is 5.15. The zero-order chi connectivity index (χ0) is 16.4. The molecular formula is C16H27N5O2. The zero-order valence-corrected chi connectivity index (χ0v) is 14.1. The van der Waals surface area contributed by atoms with Gasteiger partial charge in [0, 0.05) is 31.6 Å². The molecule has 1 amide bonds. The van der Waals surface area contributed by atoms with Gasteiger partial charge in [0.1, 0.15) is 12.4 Å². The summed E-state index contributed by atoms with van der Waals surface area (Å²) in [6.07, 6.45) is 5.96. The van der Waals surface area contributed by atoms with Crippen LogP contribution >= 0.6 is 0 Å². The van der Waals surface area contributed by atoms with E-state index in [-0.39, 0.29) is 24.2 Å². The number of nitrogens with zero attached hydrogens (tertiary/aromatic N) is 4. The van der Waals surface area contributed by atoms with Crippen molar-refractivity contribution < 1.29 is 4.79 Å². The summed E-state index contributed by atoms with van der Waals surface area (Å²) in [6.45, 7) is 3.92. The average Bonchev–Trinajstić information content (AvgIpc) is 2.68. The molecular weight excluding hydrogens is 294 g/mol. The van der Waals surface area contributed by atoms with E-state index in [1.165, 1.54) is 4.68 Å². The highest BCUT2D eigenvalue weighted by molar-refractivity contribution is 5.75.